The predicted octanol–water partition coefficient (Wildman–Crippen LogP) is 0.0528. The van der Waals surface area contributed by atoms with E-state index < -0.39 is 6.10 Å². The third kappa shape index (κ3) is 2.17. The summed E-state index contributed by atoms with van der Waals surface area (Å²) in [5.74, 6) is 0. The molecule has 0 spiro atoms. The van der Waals surface area contributed by atoms with Gasteiger partial charge in [0, 0.05) is 6.42 Å². The van der Waals surface area contributed by atoms with Gasteiger partial charge in [0.2, 0.25) is 0 Å². The molecule has 1 unspecified atom stereocenters. The summed E-state index contributed by atoms with van der Waals surface area (Å²) < 4.78 is 0. The van der Waals surface area contributed by atoms with E-state index in [4.69, 9.17) is 15.3 Å². The van der Waals surface area contributed by atoms with Gasteiger partial charge < -0.3 is 15.3 Å². The fourth-order valence-corrected chi connectivity index (χ4v) is 1.67. The van der Waals surface area contributed by atoms with E-state index in [-0.39, 0.29) is 11.7 Å². The molecule has 1 heterocycles. The third-order valence-corrected chi connectivity index (χ3v) is 2.42. The number of aliphatic hydroxyl groups is 2. The summed E-state index contributed by atoms with van der Waals surface area (Å²) in [5.41, 5.74) is 0.570. The van der Waals surface area contributed by atoms with Crippen LogP contribution in [-0.2, 0) is 6.42 Å². The zero-order valence-corrected chi connectivity index (χ0v) is 7.51. The van der Waals surface area contributed by atoms with Crippen molar-refractivity contribution in [2.45, 2.75) is 19.4 Å². The van der Waals surface area contributed by atoms with Crippen LogP contribution in [0.5, 0.6) is 5.06 Å². The zero-order valence-electron chi connectivity index (χ0n) is 6.69. The van der Waals surface area contributed by atoms with E-state index in [2.05, 4.69) is 4.98 Å². The Balaban J connectivity index is 2.64. The maximum atomic E-state index is 9.14. The Hall–Kier alpha value is -0.650. The van der Waals surface area contributed by atoms with Crippen molar-refractivity contribution in [2.75, 3.05) is 6.61 Å². The van der Waals surface area contributed by atoms with Crippen LogP contribution in [0.3, 0.4) is 0 Å². The Labute approximate surface area is 74.1 Å². The number of rotatable bonds is 3. The van der Waals surface area contributed by atoms with Gasteiger partial charge in [-0.05, 0) is 6.92 Å². The summed E-state index contributed by atoms with van der Waals surface area (Å²) in [6.07, 6.45) is -0.488. The van der Waals surface area contributed by atoms with Crippen molar-refractivity contribution >= 4 is 11.3 Å². The van der Waals surface area contributed by atoms with E-state index in [0.717, 1.165) is 11.3 Å². The molecular formula is C7H11NO3S. The monoisotopic (exact) mass is 189 g/mol. The van der Waals surface area contributed by atoms with Gasteiger partial charge in [-0.15, -0.1) is 0 Å². The van der Waals surface area contributed by atoms with Crippen LogP contribution in [0.15, 0.2) is 0 Å². The zero-order chi connectivity index (χ0) is 9.14. The molecule has 68 valence electrons. The van der Waals surface area contributed by atoms with E-state index in [9.17, 15) is 0 Å². The Morgan fingerprint density at radius 1 is 1.58 bits per heavy atom. The second kappa shape index (κ2) is 3.84. The number of aliphatic hydroxyl groups excluding tert-OH is 2. The van der Waals surface area contributed by atoms with Crippen LogP contribution in [0.25, 0.3) is 0 Å². The number of nitrogens with zero attached hydrogens (tertiary/aromatic N) is 1. The first kappa shape index (κ1) is 9.44. The Kier molecular flexibility index (Phi) is 3.02. The topological polar surface area (TPSA) is 73.6 Å². The maximum Gasteiger partial charge on any atom is 0.194 e. The number of hydrogen-bond acceptors (Lipinski definition) is 5. The maximum absolute atomic E-state index is 9.14. The van der Waals surface area contributed by atoms with E-state index in [1.807, 2.05) is 0 Å². The predicted molar refractivity (Wildman–Crippen MR) is 45.3 cm³/mol. The fourth-order valence-electron chi connectivity index (χ4n) is 0.797. The number of aryl methyl sites for hydroxylation is 1. The molecule has 0 fully saturated rings. The highest BCUT2D eigenvalue weighted by Gasteiger charge is 2.10. The molecule has 4 nitrogen and oxygen atoms in total. The molecule has 0 radical (unpaired) electrons. The number of hydrogen-bond donors (Lipinski definition) is 3. The van der Waals surface area contributed by atoms with Crippen molar-refractivity contribution in [3.8, 4) is 5.06 Å². The van der Waals surface area contributed by atoms with Crippen molar-refractivity contribution < 1.29 is 15.3 Å². The van der Waals surface area contributed by atoms with Crippen molar-refractivity contribution in [2.24, 2.45) is 0 Å². The van der Waals surface area contributed by atoms with Crippen LogP contribution in [0.1, 0.15) is 10.7 Å². The first-order valence-corrected chi connectivity index (χ1v) is 4.39. The lowest BCUT2D eigenvalue weighted by molar-refractivity contribution is 0.0954. The number of aromatic nitrogens is 1. The van der Waals surface area contributed by atoms with E-state index in [1.165, 1.54) is 0 Å². The second-order valence-corrected chi connectivity index (χ2v) is 3.60. The van der Waals surface area contributed by atoms with Gasteiger partial charge in [0.15, 0.2) is 5.06 Å². The highest BCUT2D eigenvalue weighted by Crippen LogP contribution is 2.25. The van der Waals surface area contributed by atoms with Gasteiger partial charge in [0.1, 0.15) is 0 Å². The van der Waals surface area contributed by atoms with Crippen LogP contribution in [0.2, 0.25) is 0 Å². The van der Waals surface area contributed by atoms with Gasteiger partial charge >= 0.3 is 0 Å². The summed E-state index contributed by atoms with van der Waals surface area (Å²) in [5, 5.41) is 27.5. The lowest BCUT2D eigenvalue weighted by Crippen LogP contribution is -2.14. The molecule has 5 heteroatoms. The van der Waals surface area contributed by atoms with Gasteiger partial charge in [-0.25, -0.2) is 4.98 Å². The lowest BCUT2D eigenvalue weighted by atomic mass is 10.3. The Morgan fingerprint density at radius 3 is 2.67 bits per heavy atom. The normalized spacial score (nSPS) is 13.2. The van der Waals surface area contributed by atoms with E-state index in [0.29, 0.717) is 17.1 Å². The van der Waals surface area contributed by atoms with Crippen LogP contribution in [-0.4, -0.2) is 33.0 Å². The molecule has 0 amide bonds. The number of thiazole rings is 1. The van der Waals surface area contributed by atoms with Gasteiger partial charge in [-0.3, -0.25) is 0 Å². The molecular weight excluding hydrogens is 178 g/mol. The summed E-state index contributed by atoms with van der Waals surface area (Å²) in [6.45, 7) is 1.42. The molecule has 0 aliphatic carbocycles. The van der Waals surface area contributed by atoms with Gasteiger partial charge in [-0.1, -0.05) is 11.3 Å². The number of aromatic hydroxyl groups is 1. The molecule has 3 N–H and O–H groups in total. The van der Waals surface area contributed by atoms with E-state index >= 15 is 0 Å². The minimum absolute atomic E-state index is 0.176. The van der Waals surface area contributed by atoms with Crippen LogP contribution < -0.4 is 0 Å². The highest BCUT2D eigenvalue weighted by molar-refractivity contribution is 7.13. The first-order valence-electron chi connectivity index (χ1n) is 3.57. The molecule has 0 aromatic carbocycles. The van der Waals surface area contributed by atoms with Crippen LogP contribution in [0, 0.1) is 6.92 Å². The fraction of sp³-hybridized carbons (Fsp3) is 0.571. The second-order valence-electron chi connectivity index (χ2n) is 2.54. The third-order valence-electron chi connectivity index (χ3n) is 1.44. The lowest BCUT2D eigenvalue weighted by Gasteiger charge is -2.01. The highest BCUT2D eigenvalue weighted by atomic mass is 32.1. The summed E-state index contributed by atoms with van der Waals surface area (Å²) >= 11 is 1.13. The van der Waals surface area contributed by atoms with Crippen molar-refractivity contribution in [1.29, 1.82) is 0 Å². The van der Waals surface area contributed by atoms with Crippen molar-refractivity contribution in [3.63, 3.8) is 0 Å². The average molecular weight is 189 g/mol. The molecule has 1 atom stereocenters. The minimum atomic E-state index is -0.782. The summed E-state index contributed by atoms with van der Waals surface area (Å²) in [6, 6.07) is 0. The molecule has 1 rings (SSSR count). The quantitative estimate of drug-likeness (QED) is 0.628. The van der Waals surface area contributed by atoms with Crippen LogP contribution >= 0.6 is 11.3 Å². The first-order chi connectivity index (χ1) is 5.63. The van der Waals surface area contributed by atoms with Crippen LogP contribution in [0.4, 0.5) is 0 Å². The molecule has 0 saturated heterocycles. The largest absolute Gasteiger partial charge is 0.498 e. The average Bonchev–Trinajstić information content (AvgIpc) is 2.31. The molecule has 0 aliphatic heterocycles. The molecule has 1 aromatic heterocycles. The summed E-state index contributed by atoms with van der Waals surface area (Å²) in [7, 11) is 0. The minimum Gasteiger partial charge on any atom is -0.498 e. The molecule has 0 aliphatic rings. The molecule has 1 aromatic rings. The SMILES string of the molecule is Cc1nc(CC(O)CO)sc1O. The van der Waals surface area contributed by atoms with Gasteiger partial charge in [-0.2, -0.15) is 0 Å². The molecule has 0 bridgehead atoms. The summed E-state index contributed by atoms with van der Waals surface area (Å²) in [4.78, 5) is 4.00. The standard InChI is InChI=1S/C7H11NO3S/c1-4-7(11)12-6(8-4)2-5(10)3-9/h5,9-11H,2-3H2,1H3. The van der Waals surface area contributed by atoms with Gasteiger partial charge in [0.25, 0.3) is 0 Å². The Bertz CT molecular complexity index is 242. The smallest absolute Gasteiger partial charge is 0.194 e. The van der Waals surface area contributed by atoms with E-state index in [1.54, 1.807) is 6.92 Å². The van der Waals surface area contributed by atoms with Gasteiger partial charge in [0.05, 0.1) is 23.4 Å². The van der Waals surface area contributed by atoms with Crippen molar-refractivity contribution in [3.05, 3.63) is 10.7 Å². The molecule has 12 heavy (non-hydrogen) atoms. The Morgan fingerprint density at radius 2 is 2.25 bits per heavy atom. The molecule has 0 saturated carbocycles. The van der Waals surface area contributed by atoms with Crippen molar-refractivity contribution in [1.82, 2.24) is 4.98 Å².